The van der Waals surface area contributed by atoms with Crippen LogP contribution in [0.2, 0.25) is 0 Å². The van der Waals surface area contributed by atoms with E-state index < -0.39 is 0 Å². The normalized spacial score (nSPS) is 18.9. The van der Waals surface area contributed by atoms with E-state index in [9.17, 15) is 4.79 Å². The molecule has 0 saturated carbocycles. The summed E-state index contributed by atoms with van der Waals surface area (Å²) >= 11 is 1.19. The van der Waals surface area contributed by atoms with Gasteiger partial charge in [-0.15, -0.1) is 4.99 Å². The number of amides is 1. The van der Waals surface area contributed by atoms with E-state index in [2.05, 4.69) is 10.3 Å². The third-order valence-electron chi connectivity index (χ3n) is 2.32. The standard InChI is InChI=1S/C12H9N3OS.K.H/c1-8(9-5-3-2-4-6-9)10-11(16)15-12(17-10)14-7-13;;/h2-6H,1H3,(H,14,15,16);;/q;+1;-1/b10-8+;;. The minimum Gasteiger partial charge on any atom is -1.00 e. The van der Waals surface area contributed by atoms with E-state index in [-0.39, 0.29) is 58.7 Å². The van der Waals surface area contributed by atoms with Crippen LogP contribution in [0.15, 0.2) is 40.2 Å². The second kappa shape index (κ2) is 7.24. The van der Waals surface area contributed by atoms with Gasteiger partial charge in [0, 0.05) is 0 Å². The Hall–Kier alpha value is -0.424. The van der Waals surface area contributed by atoms with Crippen LogP contribution in [-0.2, 0) is 4.79 Å². The molecular weight excluding hydrogens is 273 g/mol. The molecule has 0 bridgehead atoms. The number of aliphatic imine (C=N–C) groups is 1. The van der Waals surface area contributed by atoms with Crippen molar-refractivity contribution in [1.29, 1.82) is 5.26 Å². The van der Waals surface area contributed by atoms with Gasteiger partial charge in [0.05, 0.1) is 4.91 Å². The number of allylic oxidation sites excluding steroid dienone is 1. The number of carbonyl (C=O) groups is 1. The fourth-order valence-corrected chi connectivity index (χ4v) is 2.32. The summed E-state index contributed by atoms with van der Waals surface area (Å²) in [6, 6.07) is 9.64. The van der Waals surface area contributed by atoms with Gasteiger partial charge < -0.3 is 1.43 Å². The first-order valence-electron chi connectivity index (χ1n) is 4.94. The second-order valence-corrected chi connectivity index (χ2v) is 4.39. The molecule has 4 nitrogen and oxygen atoms in total. The molecule has 2 rings (SSSR count). The average Bonchev–Trinajstić information content (AvgIpc) is 2.71. The number of benzene rings is 1. The van der Waals surface area contributed by atoms with Crippen LogP contribution < -0.4 is 56.7 Å². The number of amidine groups is 1. The number of carbonyl (C=O) groups excluding carboxylic acids is 1. The molecule has 1 aliphatic heterocycles. The molecule has 1 aromatic rings. The van der Waals surface area contributed by atoms with Gasteiger partial charge in [-0.2, -0.15) is 5.26 Å². The van der Waals surface area contributed by atoms with Gasteiger partial charge >= 0.3 is 51.4 Å². The first-order chi connectivity index (χ1) is 8.22. The van der Waals surface area contributed by atoms with Crippen LogP contribution in [-0.4, -0.2) is 11.1 Å². The Labute approximate surface area is 153 Å². The number of rotatable bonds is 1. The number of nitriles is 1. The molecule has 6 heteroatoms. The molecule has 0 radical (unpaired) electrons. The molecule has 0 aliphatic carbocycles. The van der Waals surface area contributed by atoms with E-state index in [4.69, 9.17) is 5.26 Å². The van der Waals surface area contributed by atoms with E-state index in [0.717, 1.165) is 11.1 Å². The van der Waals surface area contributed by atoms with Gasteiger partial charge in [-0.25, -0.2) is 0 Å². The SMILES string of the molecule is C/C(=C1\SC(=NC#N)NC1=O)c1ccccc1.[H-].[K+]. The summed E-state index contributed by atoms with van der Waals surface area (Å²) in [6.45, 7) is 1.88. The van der Waals surface area contributed by atoms with Gasteiger partial charge in [0.15, 0.2) is 5.17 Å². The minimum absolute atomic E-state index is 0. The molecule has 0 atom stereocenters. The van der Waals surface area contributed by atoms with Crippen molar-refractivity contribution >= 4 is 28.4 Å². The van der Waals surface area contributed by atoms with E-state index >= 15 is 0 Å². The smallest absolute Gasteiger partial charge is 1.00 e. The molecule has 86 valence electrons. The second-order valence-electron chi connectivity index (χ2n) is 3.39. The van der Waals surface area contributed by atoms with Gasteiger partial charge in [0.2, 0.25) is 6.19 Å². The Kier molecular flexibility index (Phi) is 6.28. The molecule has 1 amide bonds. The molecule has 1 aromatic carbocycles. The van der Waals surface area contributed by atoms with Crippen LogP contribution in [0, 0.1) is 11.5 Å². The minimum atomic E-state index is -0.203. The first kappa shape index (κ1) is 15.6. The van der Waals surface area contributed by atoms with E-state index in [1.807, 2.05) is 37.3 Å². The van der Waals surface area contributed by atoms with Gasteiger partial charge in [0.25, 0.3) is 5.91 Å². The van der Waals surface area contributed by atoms with Crippen molar-refractivity contribution < 1.29 is 57.6 Å². The third kappa shape index (κ3) is 3.54. The fraction of sp³-hybridized carbons (Fsp3) is 0.0833. The van der Waals surface area contributed by atoms with Gasteiger partial charge in [-0.1, -0.05) is 30.3 Å². The molecule has 1 fully saturated rings. The van der Waals surface area contributed by atoms with Crippen molar-refractivity contribution in [3.63, 3.8) is 0 Å². The Morgan fingerprint density at radius 1 is 1.44 bits per heavy atom. The molecule has 18 heavy (non-hydrogen) atoms. The van der Waals surface area contributed by atoms with Crippen LogP contribution >= 0.6 is 11.8 Å². The number of hydrogen-bond donors (Lipinski definition) is 1. The van der Waals surface area contributed by atoms with Gasteiger partial charge in [-0.3, -0.25) is 10.1 Å². The molecule has 0 spiro atoms. The molecule has 0 aromatic heterocycles. The van der Waals surface area contributed by atoms with E-state index in [1.165, 1.54) is 11.8 Å². The van der Waals surface area contributed by atoms with Gasteiger partial charge in [0.1, 0.15) is 0 Å². The zero-order valence-corrected chi connectivity index (χ0v) is 14.0. The quantitative estimate of drug-likeness (QED) is 0.418. The molecule has 1 aliphatic rings. The van der Waals surface area contributed by atoms with Crippen LogP contribution in [0.5, 0.6) is 0 Å². The molecule has 1 saturated heterocycles. The van der Waals surface area contributed by atoms with Crippen molar-refractivity contribution in [2.45, 2.75) is 6.92 Å². The van der Waals surface area contributed by atoms with Crippen LogP contribution in [0.4, 0.5) is 0 Å². The maximum atomic E-state index is 11.7. The summed E-state index contributed by atoms with van der Waals surface area (Å²) in [5.74, 6) is -0.203. The molecule has 1 N–H and O–H groups in total. The molecule has 0 unspecified atom stereocenters. The predicted octanol–water partition coefficient (Wildman–Crippen LogP) is -0.766. The topological polar surface area (TPSA) is 65.2 Å². The van der Waals surface area contributed by atoms with E-state index in [0.29, 0.717) is 10.1 Å². The monoisotopic (exact) mass is 283 g/mol. The van der Waals surface area contributed by atoms with Crippen LogP contribution in [0.1, 0.15) is 13.9 Å². The van der Waals surface area contributed by atoms with Crippen molar-refractivity contribution in [2.75, 3.05) is 0 Å². The molecule has 1 heterocycles. The maximum Gasteiger partial charge on any atom is 1.00 e. The van der Waals surface area contributed by atoms with E-state index in [1.54, 1.807) is 6.19 Å². The number of hydrogen-bond acceptors (Lipinski definition) is 4. The predicted molar refractivity (Wildman–Crippen MR) is 68.9 cm³/mol. The summed E-state index contributed by atoms with van der Waals surface area (Å²) in [4.78, 5) is 15.8. The molecular formula is C12H10KN3OS. The Bertz CT molecular complexity index is 566. The van der Waals surface area contributed by atoms with Crippen molar-refractivity contribution in [3.05, 3.63) is 40.8 Å². The number of thioether (sulfide) groups is 1. The Morgan fingerprint density at radius 3 is 2.72 bits per heavy atom. The van der Waals surface area contributed by atoms with Crippen molar-refractivity contribution in [1.82, 2.24) is 5.32 Å². The zero-order valence-electron chi connectivity index (χ0n) is 11.1. The third-order valence-corrected chi connectivity index (χ3v) is 3.41. The largest absolute Gasteiger partial charge is 1.00 e. The summed E-state index contributed by atoms with van der Waals surface area (Å²) in [6.07, 6.45) is 1.66. The average molecular weight is 283 g/mol. The summed E-state index contributed by atoms with van der Waals surface area (Å²) in [5.41, 5.74) is 1.87. The Morgan fingerprint density at radius 2 is 2.11 bits per heavy atom. The summed E-state index contributed by atoms with van der Waals surface area (Å²) < 4.78 is 0. The summed E-state index contributed by atoms with van der Waals surface area (Å²) in [5, 5.41) is 11.3. The van der Waals surface area contributed by atoms with Crippen LogP contribution in [0.3, 0.4) is 0 Å². The number of nitrogens with zero attached hydrogens (tertiary/aromatic N) is 2. The fourth-order valence-electron chi connectivity index (χ4n) is 1.48. The number of nitrogens with one attached hydrogen (secondary N) is 1. The van der Waals surface area contributed by atoms with Gasteiger partial charge in [-0.05, 0) is 29.8 Å². The van der Waals surface area contributed by atoms with Crippen molar-refractivity contribution in [3.8, 4) is 6.19 Å². The van der Waals surface area contributed by atoms with Crippen molar-refractivity contribution in [2.24, 2.45) is 4.99 Å². The zero-order chi connectivity index (χ0) is 12.3. The first-order valence-corrected chi connectivity index (χ1v) is 5.76. The Balaban J connectivity index is 0.00000162. The maximum absolute atomic E-state index is 11.7. The van der Waals surface area contributed by atoms with Crippen LogP contribution in [0.25, 0.3) is 5.57 Å². The summed E-state index contributed by atoms with van der Waals surface area (Å²) in [7, 11) is 0.